The summed E-state index contributed by atoms with van der Waals surface area (Å²) in [5, 5.41) is 1.60. The zero-order valence-electron chi connectivity index (χ0n) is 13.6. The fourth-order valence-corrected chi connectivity index (χ4v) is 5.16. The monoisotopic (exact) mass is 391 g/mol. The van der Waals surface area contributed by atoms with Crippen LogP contribution in [0.4, 0.5) is 10.1 Å². The Bertz CT molecular complexity index is 1030. The number of anilines is 1. The maximum atomic E-state index is 13.1. The van der Waals surface area contributed by atoms with Crippen molar-refractivity contribution in [2.45, 2.75) is 4.90 Å². The van der Waals surface area contributed by atoms with Crippen molar-refractivity contribution >= 4 is 33.0 Å². The number of hydrogen-bond donors (Lipinski definition) is 1. The molecule has 0 unspecified atom stereocenters. The molecule has 0 atom stereocenters. The van der Waals surface area contributed by atoms with E-state index in [0.29, 0.717) is 11.1 Å². The fraction of sp³-hybridized carbons (Fsp3) is 0.0556. The molecule has 134 valence electrons. The van der Waals surface area contributed by atoms with Gasteiger partial charge in [-0.05, 0) is 29.8 Å². The molecule has 0 radical (unpaired) electrons. The van der Waals surface area contributed by atoms with E-state index >= 15 is 0 Å². The zero-order valence-corrected chi connectivity index (χ0v) is 15.2. The van der Waals surface area contributed by atoms with Crippen LogP contribution < -0.4 is 4.72 Å². The molecule has 3 aromatic rings. The first kappa shape index (κ1) is 18.1. The van der Waals surface area contributed by atoms with Crippen molar-refractivity contribution in [2.75, 3.05) is 11.8 Å². The minimum absolute atomic E-state index is 0.0269. The highest BCUT2D eigenvalue weighted by Crippen LogP contribution is 2.36. The van der Waals surface area contributed by atoms with Crippen molar-refractivity contribution in [2.24, 2.45) is 0 Å². The molecular weight excluding hydrogens is 377 g/mol. The van der Waals surface area contributed by atoms with Gasteiger partial charge in [0.15, 0.2) is 0 Å². The molecule has 1 heterocycles. The molecule has 8 heteroatoms. The maximum absolute atomic E-state index is 13.1. The third kappa shape index (κ3) is 3.61. The number of ether oxygens (including phenoxy) is 1. The number of sulfonamides is 1. The molecule has 26 heavy (non-hydrogen) atoms. The lowest BCUT2D eigenvalue weighted by Gasteiger charge is -2.11. The molecule has 0 aliphatic carbocycles. The molecular formula is C18H14FNO4S2. The van der Waals surface area contributed by atoms with Crippen molar-refractivity contribution in [3.05, 3.63) is 70.7 Å². The van der Waals surface area contributed by atoms with Gasteiger partial charge < -0.3 is 4.74 Å². The average Bonchev–Trinajstić information content (AvgIpc) is 3.10. The summed E-state index contributed by atoms with van der Waals surface area (Å²) in [7, 11) is -2.92. The van der Waals surface area contributed by atoms with E-state index in [1.165, 1.54) is 19.2 Å². The third-order valence-electron chi connectivity index (χ3n) is 3.57. The standard InChI is InChI=1S/C18H14FNO4S2/c1-24-18(21)16-17(15(11-25-16)12-5-3-2-4-6-12)26(22,23)20-14-9-7-13(19)8-10-14/h2-11,20H,1H3. The Balaban J connectivity index is 2.13. The summed E-state index contributed by atoms with van der Waals surface area (Å²) in [6, 6.07) is 13.7. The van der Waals surface area contributed by atoms with Crippen LogP contribution in [0.25, 0.3) is 11.1 Å². The Labute approximate surface area is 154 Å². The van der Waals surface area contributed by atoms with Gasteiger partial charge in [0.2, 0.25) is 0 Å². The molecule has 0 amide bonds. The van der Waals surface area contributed by atoms with Crippen LogP contribution in [0.3, 0.4) is 0 Å². The van der Waals surface area contributed by atoms with Gasteiger partial charge in [-0.1, -0.05) is 30.3 Å². The van der Waals surface area contributed by atoms with Crippen LogP contribution in [-0.2, 0) is 14.8 Å². The summed E-state index contributed by atoms with van der Waals surface area (Å²) >= 11 is 0.990. The normalized spacial score (nSPS) is 11.2. The summed E-state index contributed by atoms with van der Waals surface area (Å²) in [5.41, 5.74) is 1.23. The summed E-state index contributed by atoms with van der Waals surface area (Å²) in [6.45, 7) is 0. The highest BCUT2D eigenvalue weighted by Gasteiger charge is 2.29. The largest absolute Gasteiger partial charge is 0.465 e. The van der Waals surface area contributed by atoms with Crippen molar-refractivity contribution in [1.29, 1.82) is 0 Å². The van der Waals surface area contributed by atoms with Gasteiger partial charge in [0.1, 0.15) is 15.6 Å². The number of benzene rings is 2. The number of halogens is 1. The van der Waals surface area contributed by atoms with Gasteiger partial charge in [-0.25, -0.2) is 17.6 Å². The van der Waals surface area contributed by atoms with Gasteiger partial charge in [0.25, 0.3) is 10.0 Å². The molecule has 0 bridgehead atoms. The predicted octanol–water partition coefficient (Wildman–Crippen LogP) is 4.14. The van der Waals surface area contributed by atoms with Gasteiger partial charge in [-0.3, -0.25) is 4.72 Å². The van der Waals surface area contributed by atoms with E-state index < -0.39 is 21.8 Å². The lowest BCUT2D eigenvalue weighted by Crippen LogP contribution is -2.16. The van der Waals surface area contributed by atoms with E-state index in [0.717, 1.165) is 23.5 Å². The first-order chi connectivity index (χ1) is 12.4. The number of carbonyl (C=O) groups excluding carboxylic acids is 1. The number of nitrogens with one attached hydrogen (secondary N) is 1. The summed E-state index contributed by atoms with van der Waals surface area (Å²) in [5.74, 6) is -1.22. The second-order valence-corrected chi connectivity index (χ2v) is 7.78. The molecule has 0 aliphatic rings. The van der Waals surface area contributed by atoms with Crippen LogP contribution in [0.2, 0.25) is 0 Å². The number of hydrogen-bond acceptors (Lipinski definition) is 5. The van der Waals surface area contributed by atoms with Crippen molar-refractivity contribution in [3.8, 4) is 11.1 Å². The highest BCUT2D eigenvalue weighted by atomic mass is 32.2. The van der Waals surface area contributed by atoms with Gasteiger partial charge in [-0.2, -0.15) is 0 Å². The smallest absolute Gasteiger partial charge is 0.349 e. The molecule has 1 N–H and O–H groups in total. The first-order valence-electron chi connectivity index (χ1n) is 7.46. The minimum atomic E-state index is -4.11. The summed E-state index contributed by atoms with van der Waals surface area (Å²) < 4.78 is 46.1. The SMILES string of the molecule is COC(=O)c1scc(-c2ccccc2)c1S(=O)(=O)Nc1ccc(F)cc1. The van der Waals surface area contributed by atoms with Crippen LogP contribution in [0.15, 0.2) is 64.9 Å². The Hall–Kier alpha value is -2.71. The van der Waals surface area contributed by atoms with Crippen molar-refractivity contribution in [1.82, 2.24) is 0 Å². The topological polar surface area (TPSA) is 72.5 Å². The third-order valence-corrected chi connectivity index (χ3v) is 6.12. The highest BCUT2D eigenvalue weighted by molar-refractivity contribution is 7.93. The van der Waals surface area contributed by atoms with Gasteiger partial charge in [0, 0.05) is 16.6 Å². The minimum Gasteiger partial charge on any atom is -0.465 e. The first-order valence-corrected chi connectivity index (χ1v) is 9.82. The Morgan fingerprint density at radius 2 is 1.73 bits per heavy atom. The summed E-state index contributed by atoms with van der Waals surface area (Å²) in [4.78, 5) is 11.9. The van der Waals surface area contributed by atoms with Gasteiger partial charge >= 0.3 is 5.97 Å². The van der Waals surface area contributed by atoms with Crippen LogP contribution in [0.1, 0.15) is 9.67 Å². The van der Waals surface area contributed by atoms with Crippen LogP contribution in [0.5, 0.6) is 0 Å². The zero-order chi connectivity index (χ0) is 18.7. The van der Waals surface area contributed by atoms with E-state index in [2.05, 4.69) is 4.72 Å². The van der Waals surface area contributed by atoms with Gasteiger partial charge in [0.05, 0.1) is 7.11 Å². The Morgan fingerprint density at radius 1 is 1.08 bits per heavy atom. The van der Waals surface area contributed by atoms with Crippen LogP contribution in [0, 0.1) is 5.82 Å². The maximum Gasteiger partial charge on any atom is 0.349 e. The molecule has 3 rings (SSSR count). The molecule has 5 nitrogen and oxygen atoms in total. The molecule has 0 saturated heterocycles. The van der Waals surface area contributed by atoms with E-state index in [9.17, 15) is 17.6 Å². The van der Waals surface area contributed by atoms with Crippen molar-refractivity contribution in [3.63, 3.8) is 0 Å². The number of thiophene rings is 1. The molecule has 0 fully saturated rings. The average molecular weight is 391 g/mol. The van der Waals surface area contributed by atoms with E-state index in [-0.39, 0.29) is 15.5 Å². The van der Waals surface area contributed by atoms with E-state index in [1.807, 2.05) is 6.07 Å². The van der Waals surface area contributed by atoms with Gasteiger partial charge in [-0.15, -0.1) is 11.3 Å². The van der Waals surface area contributed by atoms with E-state index in [1.54, 1.807) is 29.6 Å². The quantitative estimate of drug-likeness (QED) is 0.664. The summed E-state index contributed by atoms with van der Waals surface area (Å²) in [6.07, 6.45) is 0. The van der Waals surface area contributed by atoms with Crippen LogP contribution in [-0.4, -0.2) is 21.5 Å². The molecule has 0 saturated carbocycles. The molecule has 1 aromatic heterocycles. The number of carbonyl (C=O) groups is 1. The lowest BCUT2D eigenvalue weighted by atomic mass is 10.1. The number of methoxy groups -OCH3 is 1. The second-order valence-electron chi connectivity index (χ2n) is 5.28. The van der Waals surface area contributed by atoms with Crippen molar-refractivity contribution < 1.29 is 22.3 Å². The number of esters is 1. The number of rotatable bonds is 5. The Morgan fingerprint density at radius 3 is 2.35 bits per heavy atom. The predicted molar refractivity (Wildman–Crippen MR) is 98.3 cm³/mol. The lowest BCUT2D eigenvalue weighted by molar-refractivity contribution is 0.0602. The van der Waals surface area contributed by atoms with Crippen LogP contribution >= 0.6 is 11.3 Å². The molecule has 0 spiro atoms. The Kier molecular flexibility index (Phi) is 5.06. The molecule has 0 aliphatic heterocycles. The fourth-order valence-electron chi connectivity index (χ4n) is 2.39. The van der Waals surface area contributed by atoms with E-state index in [4.69, 9.17) is 4.74 Å². The second kappa shape index (κ2) is 7.27. The molecule has 2 aromatic carbocycles.